The van der Waals surface area contributed by atoms with Crippen LogP contribution in [0.3, 0.4) is 0 Å². The first kappa shape index (κ1) is 16.2. The first-order valence-electron chi connectivity index (χ1n) is 8.50. The van der Waals surface area contributed by atoms with E-state index in [9.17, 15) is 9.18 Å². The molecule has 0 fully saturated rings. The number of fused-ring (bicyclic) bond motifs is 1. The van der Waals surface area contributed by atoms with Crippen LogP contribution in [-0.2, 0) is 0 Å². The van der Waals surface area contributed by atoms with Crippen molar-refractivity contribution in [3.8, 4) is 39.7 Å². The van der Waals surface area contributed by atoms with Crippen LogP contribution >= 0.6 is 0 Å². The van der Waals surface area contributed by atoms with Gasteiger partial charge in [-0.25, -0.2) is 9.07 Å². The number of nitrogens with zero attached hydrogens (tertiary/aromatic N) is 3. The number of rotatable bonds is 3. The fraction of sp³-hybridized carbons (Fsp3) is 0.0500. The second kappa shape index (κ2) is 6.34. The summed E-state index contributed by atoms with van der Waals surface area (Å²) in [5.41, 5.74) is 1.79. The maximum absolute atomic E-state index is 13.6. The van der Waals surface area contributed by atoms with Gasteiger partial charge in [0.25, 0.3) is 0 Å². The minimum atomic E-state index is -0.397. The first-order chi connectivity index (χ1) is 13.7. The largest absolute Gasteiger partial charge is 0.454 e. The van der Waals surface area contributed by atoms with Crippen LogP contribution in [0.15, 0.2) is 65.7 Å². The monoisotopic (exact) mass is 376 g/mol. The molecule has 0 radical (unpaired) electrons. The molecule has 0 bridgehead atoms. The quantitative estimate of drug-likeness (QED) is 0.594. The molecule has 0 unspecified atom stereocenters. The Balaban J connectivity index is 1.67. The summed E-state index contributed by atoms with van der Waals surface area (Å²) in [7, 11) is 0. The molecule has 1 aliphatic rings. The van der Waals surface area contributed by atoms with Crippen molar-refractivity contribution in [2.24, 2.45) is 0 Å². The number of hydrogen-bond donors (Lipinski definition) is 1. The standard InChI is InChI=1S/C20H13FN4O3/c21-12-3-1-4-13(9-12)25-16(7-8-23-25)18-19(26)15(10-22-24-18)14-5-2-6-17-20(14)28-11-27-17/h1-10H,11H2,(H,22,26). The lowest BCUT2D eigenvalue weighted by molar-refractivity contribution is 0.174. The zero-order valence-corrected chi connectivity index (χ0v) is 14.4. The van der Waals surface area contributed by atoms with Gasteiger partial charge in [-0.2, -0.15) is 10.2 Å². The zero-order valence-electron chi connectivity index (χ0n) is 14.4. The minimum Gasteiger partial charge on any atom is -0.454 e. The fourth-order valence-corrected chi connectivity index (χ4v) is 3.22. The lowest BCUT2D eigenvalue weighted by Gasteiger charge is -2.09. The number of H-pyrrole nitrogens is 1. The normalized spacial score (nSPS) is 12.3. The number of ether oxygens (including phenoxy) is 2. The molecule has 2 aromatic carbocycles. The molecule has 7 nitrogen and oxygen atoms in total. The summed E-state index contributed by atoms with van der Waals surface area (Å²) in [6.45, 7) is 0.106. The molecular weight excluding hydrogens is 363 g/mol. The first-order valence-corrected chi connectivity index (χ1v) is 8.50. The van der Waals surface area contributed by atoms with E-state index in [0.29, 0.717) is 34.0 Å². The van der Waals surface area contributed by atoms with E-state index in [-0.39, 0.29) is 17.9 Å². The molecule has 3 heterocycles. The van der Waals surface area contributed by atoms with E-state index < -0.39 is 5.82 Å². The topological polar surface area (TPSA) is 82.0 Å². The summed E-state index contributed by atoms with van der Waals surface area (Å²) in [5, 5.41) is 11.1. The van der Waals surface area contributed by atoms with Crippen molar-refractivity contribution < 1.29 is 13.9 Å². The summed E-state index contributed by atoms with van der Waals surface area (Å²) < 4.78 is 26.0. The van der Waals surface area contributed by atoms with Gasteiger partial charge in [-0.15, -0.1) is 0 Å². The van der Waals surface area contributed by atoms with E-state index >= 15 is 0 Å². The van der Waals surface area contributed by atoms with Crippen LogP contribution in [0.4, 0.5) is 4.39 Å². The number of para-hydroxylation sites is 1. The summed E-state index contributed by atoms with van der Waals surface area (Å²) in [6, 6.07) is 13.0. The molecular formula is C20H13FN4O3. The van der Waals surface area contributed by atoms with Crippen molar-refractivity contribution in [3.05, 3.63) is 77.0 Å². The highest BCUT2D eigenvalue weighted by molar-refractivity contribution is 5.76. The third-order valence-corrected chi connectivity index (χ3v) is 4.47. The minimum absolute atomic E-state index is 0.106. The predicted molar refractivity (Wildman–Crippen MR) is 98.9 cm³/mol. The Morgan fingerprint density at radius 3 is 2.86 bits per heavy atom. The summed E-state index contributed by atoms with van der Waals surface area (Å²) in [5.74, 6) is 0.704. The summed E-state index contributed by atoms with van der Waals surface area (Å²) in [6.07, 6.45) is 3.05. The molecule has 0 saturated heterocycles. The number of halogens is 1. The Hall–Kier alpha value is -3.94. The second-order valence-corrected chi connectivity index (χ2v) is 6.12. The lowest BCUT2D eigenvalue weighted by Crippen LogP contribution is -2.14. The van der Waals surface area contributed by atoms with E-state index in [4.69, 9.17) is 9.47 Å². The Labute approximate surface area is 158 Å². The fourth-order valence-electron chi connectivity index (χ4n) is 3.22. The molecule has 1 N–H and O–H groups in total. The molecule has 28 heavy (non-hydrogen) atoms. The Kier molecular flexibility index (Phi) is 3.68. The van der Waals surface area contributed by atoms with E-state index in [1.54, 1.807) is 36.4 Å². The Bertz CT molecular complexity index is 1250. The molecule has 1 aliphatic heterocycles. The van der Waals surface area contributed by atoms with E-state index in [1.807, 2.05) is 0 Å². The van der Waals surface area contributed by atoms with Gasteiger partial charge in [0.1, 0.15) is 5.82 Å². The zero-order chi connectivity index (χ0) is 19.1. The van der Waals surface area contributed by atoms with Crippen LogP contribution in [0, 0.1) is 5.82 Å². The number of benzene rings is 2. The molecule has 0 spiro atoms. The van der Waals surface area contributed by atoms with Crippen molar-refractivity contribution in [3.63, 3.8) is 0 Å². The molecule has 2 aromatic heterocycles. The van der Waals surface area contributed by atoms with Crippen LogP contribution in [0.25, 0.3) is 28.2 Å². The molecule has 0 atom stereocenters. The average Bonchev–Trinajstić information content (AvgIpc) is 3.37. The van der Waals surface area contributed by atoms with Crippen LogP contribution in [0.1, 0.15) is 0 Å². The molecule has 4 aromatic rings. The highest BCUT2D eigenvalue weighted by Crippen LogP contribution is 2.40. The maximum atomic E-state index is 13.6. The van der Waals surface area contributed by atoms with Crippen molar-refractivity contribution in [1.29, 1.82) is 0 Å². The van der Waals surface area contributed by atoms with Crippen LogP contribution in [0.2, 0.25) is 0 Å². The van der Waals surface area contributed by atoms with Gasteiger partial charge < -0.3 is 9.47 Å². The number of aromatic amines is 1. The number of aromatic nitrogens is 4. The third-order valence-electron chi connectivity index (χ3n) is 4.47. The Morgan fingerprint density at radius 1 is 1.07 bits per heavy atom. The molecule has 0 saturated carbocycles. The van der Waals surface area contributed by atoms with Gasteiger partial charge in [-0.05, 0) is 30.3 Å². The van der Waals surface area contributed by atoms with E-state index in [1.165, 1.54) is 29.2 Å². The van der Waals surface area contributed by atoms with Gasteiger partial charge in [0.15, 0.2) is 17.2 Å². The summed E-state index contributed by atoms with van der Waals surface area (Å²) in [4.78, 5) is 13.2. The third kappa shape index (κ3) is 2.54. The van der Waals surface area contributed by atoms with Crippen molar-refractivity contribution in [1.82, 2.24) is 20.0 Å². The maximum Gasteiger partial charge on any atom is 0.231 e. The van der Waals surface area contributed by atoms with Gasteiger partial charge in [-0.1, -0.05) is 18.2 Å². The summed E-state index contributed by atoms with van der Waals surface area (Å²) >= 11 is 0. The highest BCUT2D eigenvalue weighted by Gasteiger charge is 2.22. The number of hydrogen-bond acceptors (Lipinski definition) is 5. The van der Waals surface area contributed by atoms with Gasteiger partial charge in [0.2, 0.25) is 12.2 Å². The predicted octanol–water partition coefficient (Wildman–Crippen LogP) is 3.16. The van der Waals surface area contributed by atoms with Crippen molar-refractivity contribution >= 4 is 0 Å². The van der Waals surface area contributed by atoms with Crippen LogP contribution < -0.4 is 14.9 Å². The smallest absolute Gasteiger partial charge is 0.231 e. The second-order valence-electron chi connectivity index (χ2n) is 6.12. The SMILES string of the molecule is O=c1c(-c2cccc3c2OCO3)c[nH]nc1-c1ccnn1-c1cccc(F)c1. The van der Waals surface area contributed by atoms with Gasteiger partial charge in [0, 0.05) is 11.8 Å². The molecule has 0 aliphatic carbocycles. The van der Waals surface area contributed by atoms with Crippen molar-refractivity contribution in [2.75, 3.05) is 6.79 Å². The molecule has 138 valence electrons. The molecule has 0 amide bonds. The molecule has 8 heteroatoms. The lowest BCUT2D eigenvalue weighted by atomic mass is 10.0. The molecule has 5 rings (SSSR count). The van der Waals surface area contributed by atoms with Gasteiger partial charge in [0.05, 0.1) is 23.1 Å². The van der Waals surface area contributed by atoms with Crippen molar-refractivity contribution in [2.45, 2.75) is 0 Å². The Morgan fingerprint density at radius 2 is 1.96 bits per heavy atom. The highest BCUT2D eigenvalue weighted by atomic mass is 19.1. The number of nitrogens with one attached hydrogen (secondary N) is 1. The van der Waals surface area contributed by atoms with Gasteiger partial charge >= 0.3 is 0 Å². The van der Waals surface area contributed by atoms with E-state index in [0.717, 1.165) is 0 Å². The van der Waals surface area contributed by atoms with Crippen LogP contribution in [0.5, 0.6) is 11.5 Å². The van der Waals surface area contributed by atoms with E-state index in [2.05, 4.69) is 15.3 Å². The van der Waals surface area contributed by atoms with Crippen LogP contribution in [-0.4, -0.2) is 26.8 Å². The average molecular weight is 376 g/mol. The van der Waals surface area contributed by atoms with Gasteiger partial charge in [-0.3, -0.25) is 9.89 Å².